The van der Waals surface area contributed by atoms with Gasteiger partial charge in [0, 0.05) is 18.4 Å². The number of aliphatic hydroxyl groups excluding tert-OH is 1. The number of rotatable bonds is 2. The third-order valence-corrected chi connectivity index (χ3v) is 10.4. The summed E-state index contributed by atoms with van der Waals surface area (Å²) in [4.78, 5) is 13.1. The Morgan fingerprint density at radius 1 is 1.34 bits per heavy atom. The van der Waals surface area contributed by atoms with Crippen LogP contribution in [0.1, 0.15) is 46.0 Å². The minimum atomic E-state index is -1.37. The van der Waals surface area contributed by atoms with Crippen molar-refractivity contribution in [2.24, 2.45) is 34.5 Å². The lowest BCUT2D eigenvalue weighted by Gasteiger charge is -2.72. The third kappa shape index (κ3) is 1.80. The van der Waals surface area contributed by atoms with E-state index in [1.165, 1.54) is 0 Å². The average molecular weight is 408 g/mol. The quantitative estimate of drug-likeness (QED) is 0.405. The molecule has 7 nitrogen and oxygen atoms in total. The van der Waals surface area contributed by atoms with E-state index in [9.17, 15) is 20.2 Å². The molecule has 0 amide bonds. The predicted molar refractivity (Wildman–Crippen MR) is 102 cm³/mol. The summed E-state index contributed by atoms with van der Waals surface area (Å²) in [6.45, 7) is 4.98. The van der Waals surface area contributed by atoms with Gasteiger partial charge in [-0.1, -0.05) is 6.92 Å². The molecule has 29 heavy (non-hydrogen) atoms. The number of aliphatic hydroxyl groups is 2. The lowest BCUT2D eigenvalue weighted by Crippen LogP contribution is -2.80. The number of quaternary nitrogens is 1. The van der Waals surface area contributed by atoms with Crippen LogP contribution >= 0.6 is 0 Å². The van der Waals surface area contributed by atoms with Crippen LogP contribution in [0.4, 0.5) is 0 Å². The lowest BCUT2D eigenvalue weighted by molar-refractivity contribution is -0.932. The molecule has 1 spiro atoms. The summed E-state index contributed by atoms with van der Waals surface area (Å²) in [6.07, 6.45) is 2.20. The van der Waals surface area contributed by atoms with Crippen LogP contribution in [0.5, 0.6) is 0 Å². The summed E-state index contributed by atoms with van der Waals surface area (Å²) < 4.78 is 11.4. The Balaban J connectivity index is 1.69. The maximum absolute atomic E-state index is 14.4. The Morgan fingerprint density at radius 3 is 2.79 bits per heavy atom. The second-order valence-electron chi connectivity index (χ2n) is 11.2. The molecular formula is C22H33NO6. The van der Waals surface area contributed by atoms with Gasteiger partial charge in [0.25, 0.3) is 0 Å². The van der Waals surface area contributed by atoms with E-state index >= 15 is 0 Å². The summed E-state index contributed by atoms with van der Waals surface area (Å²) in [5, 5.41) is 38.3. The molecule has 7 fully saturated rings. The zero-order valence-electron chi connectivity index (χ0n) is 17.5. The molecule has 4 saturated carbocycles. The van der Waals surface area contributed by atoms with E-state index in [1.807, 2.05) is 6.92 Å². The number of methoxy groups -OCH3 is 1. The van der Waals surface area contributed by atoms with E-state index in [0.29, 0.717) is 32.4 Å². The molecule has 9 bridgehead atoms. The molecule has 7 rings (SSSR count). The SMILES string of the molecule is CC[N+]1([O-])C[C@@]2(C)CCC(OC)[C@@]34C2C(O)C(C31)[C@@]1(O)CCC2C[C@@H]4[C@@H]1C(=O)O2. The highest BCUT2D eigenvalue weighted by molar-refractivity contribution is 5.77. The summed E-state index contributed by atoms with van der Waals surface area (Å²) in [6, 6.07) is -0.429. The van der Waals surface area contributed by atoms with Gasteiger partial charge >= 0.3 is 5.97 Å². The number of ether oxygens (including phenoxy) is 2. The van der Waals surface area contributed by atoms with Crippen molar-refractivity contribution >= 4 is 5.97 Å². The number of esters is 1. The van der Waals surface area contributed by atoms with Crippen molar-refractivity contribution in [3.63, 3.8) is 0 Å². The molecule has 0 aromatic heterocycles. The molecule has 0 aromatic rings. The highest BCUT2D eigenvalue weighted by atomic mass is 16.6. The van der Waals surface area contributed by atoms with Crippen molar-refractivity contribution in [2.45, 2.75) is 75.9 Å². The number of piperidine rings is 1. The molecule has 162 valence electrons. The van der Waals surface area contributed by atoms with Gasteiger partial charge in [0.2, 0.25) is 0 Å². The molecule has 3 aliphatic heterocycles. The Morgan fingerprint density at radius 2 is 2.10 bits per heavy atom. The molecule has 0 aromatic carbocycles. The van der Waals surface area contributed by atoms with Crippen LogP contribution in [0.25, 0.3) is 0 Å². The molecular weight excluding hydrogens is 374 g/mol. The van der Waals surface area contributed by atoms with Crippen molar-refractivity contribution in [3.05, 3.63) is 5.21 Å². The molecule has 7 heteroatoms. The van der Waals surface area contributed by atoms with Crippen LogP contribution in [0, 0.1) is 39.7 Å². The number of carbonyl (C=O) groups excluding carboxylic acids is 1. The first-order chi connectivity index (χ1) is 13.7. The van der Waals surface area contributed by atoms with Crippen molar-refractivity contribution in [2.75, 3.05) is 20.2 Å². The van der Waals surface area contributed by atoms with Gasteiger partial charge < -0.3 is 29.5 Å². The van der Waals surface area contributed by atoms with Gasteiger partial charge in [0.15, 0.2) is 0 Å². The second kappa shape index (κ2) is 5.36. The lowest BCUT2D eigenvalue weighted by atomic mass is 9.42. The molecule has 4 aliphatic carbocycles. The largest absolute Gasteiger partial charge is 0.633 e. The standard InChI is InChI=1S/C22H33NO6/c1-4-23(27)10-20(2)7-6-13(28-3)22-12-9-11-5-8-21(26,14(12)19(25)29-11)15(18(22)23)16(24)17(20)22/h11-18,24,26H,4-10H2,1-3H3/t11?,12-,13?,14-,15?,16?,17?,18?,20-,21-,22+,23?/m1/s1. The fourth-order valence-electron chi connectivity index (χ4n) is 9.95. The summed E-state index contributed by atoms with van der Waals surface area (Å²) >= 11 is 0. The molecule has 2 N–H and O–H groups in total. The van der Waals surface area contributed by atoms with E-state index in [0.717, 1.165) is 12.8 Å². The zero-order chi connectivity index (χ0) is 20.6. The number of nitrogens with zero attached hydrogens (tertiary/aromatic N) is 1. The van der Waals surface area contributed by atoms with Crippen molar-refractivity contribution in [1.29, 1.82) is 0 Å². The monoisotopic (exact) mass is 407 g/mol. The first kappa shape index (κ1) is 19.0. The normalized spacial score (nSPS) is 64.6. The highest BCUT2D eigenvalue weighted by Crippen LogP contribution is 2.78. The van der Waals surface area contributed by atoms with Gasteiger partial charge in [-0.25, -0.2) is 0 Å². The van der Waals surface area contributed by atoms with E-state index in [-0.39, 0.29) is 40.1 Å². The fraction of sp³-hybridized carbons (Fsp3) is 0.955. The van der Waals surface area contributed by atoms with Crippen LogP contribution in [0.15, 0.2) is 0 Å². The molecule has 0 radical (unpaired) electrons. The van der Waals surface area contributed by atoms with Gasteiger partial charge in [0.05, 0.1) is 48.1 Å². The van der Waals surface area contributed by atoms with Crippen molar-refractivity contribution < 1.29 is 29.1 Å². The van der Waals surface area contributed by atoms with Gasteiger partial charge in [-0.2, -0.15) is 0 Å². The van der Waals surface area contributed by atoms with Crippen LogP contribution in [-0.4, -0.2) is 71.0 Å². The molecule has 3 heterocycles. The van der Waals surface area contributed by atoms with Crippen molar-refractivity contribution in [1.82, 2.24) is 0 Å². The highest BCUT2D eigenvalue weighted by Gasteiger charge is 2.87. The van der Waals surface area contributed by atoms with E-state index in [2.05, 4.69) is 6.92 Å². The van der Waals surface area contributed by atoms with Crippen LogP contribution in [0.2, 0.25) is 0 Å². The van der Waals surface area contributed by atoms with Gasteiger partial charge in [-0.3, -0.25) is 4.79 Å². The van der Waals surface area contributed by atoms with E-state index in [4.69, 9.17) is 9.47 Å². The number of hydrogen-bond acceptors (Lipinski definition) is 6. The second-order valence-corrected chi connectivity index (χ2v) is 11.2. The maximum atomic E-state index is 14.4. The van der Waals surface area contributed by atoms with E-state index in [1.54, 1.807) is 7.11 Å². The van der Waals surface area contributed by atoms with E-state index < -0.39 is 35.0 Å². The summed E-state index contributed by atoms with van der Waals surface area (Å²) in [5.41, 5.74) is -2.27. The summed E-state index contributed by atoms with van der Waals surface area (Å²) in [5.74, 6) is -1.89. The minimum Gasteiger partial charge on any atom is -0.633 e. The number of carbonyl (C=O) groups is 1. The maximum Gasteiger partial charge on any atom is 0.312 e. The molecule has 7 aliphatic rings. The Hall–Kier alpha value is -0.730. The fourth-order valence-corrected chi connectivity index (χ4v) is 9.95. The number of fused-ring (bicyclic) bond motifs is 2. The first-order valence-corrected chi connectivity index (χ1v) is 11.4. The minimum absolute atomic E-state index is 0.123. The number of hydroxylamine groups is 3. The smallest absolute Gasteiger partial charge is 0.312 e. The van der Waals surface area contributed by atoms with Crippen LogP contribution < -0.4 is 0 Å². The molecule has 7 unspecified atom stereocenters. The van der Waals surface area contributed by atoms with Crippen LogP contribution in [0.3, 0.4) is 0 Å². The summed E-state index contributed by atoms with van der Waals surface area (Å²) in [7, 11) is 1.71. The third-order valence-electron chi connectivity index (χ3n) is 10.4. The van der Waals surface area contributed by atoms with Gasteiger partial charge in [-0.15, -0.1) is 0 Å². The zero-order valence-corrected chi connectivity index (χ0v) is 17.5. The van der Waals surface area contributed by atoms with Crippen molar-refractivity contribution in [3.8, 4) is 0 Å². The van der Waals surface area contributed by atoms with Gasteiger partial charge in [0.1, 0.15) is 12.1 Å². The Kier molecular flexibility index (Phi) is 3.51. The first-order valence-electron chi connectivity index (χ1n) is 11.4. The molecule has 3 saturated heterocycles. The molecule has 12 atom stereocenters. The number of likely N-dealkylation sites (tertiary alicyclic amines) is 1. The van der Waals surface area contributed by atoms with Crippen LogP contribution in [-0.2, 0) is 14.3 Å². The average Bonchev–Trinajstić information content (AvgIpc) is 2.71. The predicted octanol–water partition coefficient (Wildman–Crippen LogP) is 1.20. The number of hydrogen-bond donors (Lipinski definition) is 2. The topological polar surface area (TPSA) is 99.0 Å². The van der Waals surface area contributed by atoms with Gasteiger partial charge in [-0.05, 0) is 44.9 Å². The Bertz CT molecular complexity index is 776. The Labute approximate surface area is 171 Å².